The zero-order valence-electron chi connectivity index (χ0n) is 24.2. The first-order valence-electron chi connectivity index (χ1n) is 14.3. The molecule has 2 aromatic heterocycles. The average molecular weight is 618 g/mol. The predicted octanol–water partition coefficient (Wildman–Crippen LogP) is 7.22. The van der Waals surface area contributed by atoms with Gasteiger partial charge in [-0.2, -0.15) is 0 Å². The number of aryl methyl sites for hydroxylation is 1. The third-order valence-electron chi connectivity index (χ3n) is 8.29. The van der Waals surface area contributed by atoms with Crippen LogP contribution in [0, 0.1) is 6.92 Å². The fourth-order valence-corrected chi connectivity index (χ4v) is 6.40. The van der Waals surface area contributed by atoms with Crippen LogP contribution < -0.4 is 15.8 Å². The Kier molecular flexibility index (Phi) is 9.06. The van der Waals surface area contributed by atoms with Crippen LogP contribution in [0.2, 0.25) is 5.02 Å². The Morgan fingerprint density at radius 1 is 1.05 bits per heavy atom. The number of benzene rings is 3. The molecule has 7 nitrogen and oxygen atoms in total. The summed E-state index contributed by atoms with van der Waals surface area (Å²) in [6.45, 7) is 2.19. The number of nitrogens with one attached hydrogen (secondary N) is 1. The number of halogens is 2. The van der Waals surface area contributed by atoms with Gasteiger partial charge in [0.1, 0.15) is 5.75 Å². The van der Waals surface area contributed by atoms with Gasteiger partial charge in [0.05, 0.1) is 29.7 Å². The average Bonchev–Trinajstić information content (AvgIpc) is 3.30. The van der Waals surface area contributed by atoms with E-state index in [0.717, 1.165) is 64.5 Å². The van der Waals surface area contributed by atoms with E-state index in [4.69, 9.17) is 27.1 Å². The van der Waals surface area contributed by atoms with Crippen molar-refractivity contribution in [1.82, 2.24) is 9.55 Å². The fourth-order valence-electron chi connectivity index (χ4n) is 6.27. The lowest BCUT2D eigenvalue weighted by Gasteiger charge is -2.23. The Bertz CT molecular complexity index is 1830. The lowest BCUT2D eigenvalue weighted by molar-refractivity contribution is -0.117. The Hall–Kier alpha value is -3.91. The molecule has 3 N–H and O–H groups in total. The molecular formula is C34H34Cl2N4O3. The lowest BCUT2D eigenvalue weighted by atomic mass is 9.90. The van der Waals surface area contributed by atoms with Crippen molar-refractivity contribution in [2.75, 3.05) is 19.0 Å². The Balaban J connectivity index is 0.00000368. The molecule has 2 heterocycles. The predicted molar refractivity (Wildman–Crippen MR) is 175 cm³/mol. The molecule has 0 aliphatic heterocycles. The molecule has 1 aliphatic rings. The number of rotatable bonds is 7. The maximum Gasteiger partial charge on any atom is 0.262 e. The molecule has 0 radical (unpaired) electrons. The molecule has 0 fully saturated rings. The zero-order valence-corrected chi connectivity index (χ0v) is 25.7. The number of pyridine rings is 1. The number of nitrogens with zero attached hydrogens (tertiary/aromatic N) is 2. The summed E-state index contributed by atoms with van der Waals surface area (Å²) < 4.78 is 7.22. The van der Waals surface area contributed by atoms with E-state index < -0.39 is 5.92 Å². The molecule has 0 bridgehead atoms. The van der Waals surface area contributed by atoms with Crippen LogP contribution in [-0.4, -0.2) is 35.0 Å². The van der Waals surface area contributed by atoms with Crippen LogP contribution in [0.25, 0.3) is 21.8 Å². The smallest absolute Gasteiger partial charge is 0.262 e. The number of hydrogen-bond donors (Lipinski definition) is 2. The first-order valence-corrected chi connectivity index (χ1v) is 14.7. The maximum absolute atomic E-state index is 14.3. The number of ether oxygens (including phenoxy) is 1. The van der Waals surface area contributed by atoms with Gasteiger partial charge in [0.15, 0.2) is 0 Å². The number of carbonyl (C=O) groups excluding carboxylic acids is 2. The molecule has 1 aliphatic carbocycles. The quantitative estimate of drug-likeness (QED) is 0.201. The highest BCUT2D eigenvalue weighted by Gasteiger charge is 2.31. The lowest BCUT2D eigenvalue weighted by Crippen LogP contribution is -2.26. The van der Waals surface area contributed by atoms with Crippen molar-refractivity contribution >= 4 is 63.3 Å². The largest absolute Gasteiger partial charge is 0.497 e. The van der Waals surface area contributed by atoms with Gasteiger partial charge in [0.25, 0.3) is 5.91 Å². The molecule has 5 aromatic rings. The summed E-state index contributed by atoms with van der Waals surface area (Å²) in [6.07, 6.45) is 4.32. The van der Waals surface area contributed by atoms with Gasteiger partial charge >= 0.3 is 0 Å². The van der Waals surface area contributed by atoms with Crippen LogP contribution in [0.4, 0.5) is 5.69 Å². The summed E-state index contributed by atoms with van der Waals surface area (Å²) in [5, 5.41) is 5.58. The zero-order chi connectivity index (χ0) is 29.4. The van der Waals surface area contributed by atoms with Crippen LogP contribution in [0.15, 0.2) is 66.7 Å². The molecule has 1 amide bonds. The second-order valence-corrected chi connectivity index (χ2v) is 11.2. The molecule has 0 spiro atoms. The van der Waals surface area contributed by atoms with Gasteiger partial charge < -0.3 is 15.8 Å². The highest BCUT2D eigenvalue weighted by Crippen LogP contribution is 2.39. The molecule has 0 saturated carbocycles. The molecule has 3 aromatic carbocycles. The number of carbonyl (C=O) groups is 2. The van der Waals surface area contributed by atoms with E-state index in [1.165, 1.54) is 0 Å². The molecule has 9 heteroatoms. The highest BCUT2D eigenvalue weighted by molar-refractivity contribution is 6.30. The Labute approximate surface area is 261 Å². The van der Waals surface area contributed by atoms with Crippen LogP contribution in [0.1, 0.15) is 58.1 Å². The van der Waals surface area contributed by atoms with E-state index in [1.54, 1.807) is 35.9 Å². The van der Waals surface area contributed by atoms with E-state index >= 15 is 0 Å². The van der Waals surface area contributed by atoms with Crippen molar-refractivity contribution < 1.29 is 14.3 Å². The molecule has 1 unspecified atom stereocenters. The molecule has 222 valence electrons. The van der Waals surface area contributed by atoms with Crippen LogP contribution >= 0.6 is 24.0 Å². The minimum absolute atomic E-state index is 0. The van der Waals surface area contributed by atoms with Crippen molar-refractivity contribution in [3.05, 3.63) is 99.8 Å². The van der Waals surface area contributed by atoms with Gasteiger partial charge in [0.2, 0.25) is 5.91 Å². The first kappa shape index (κ1) is 30.5. The van der Waals surface area contributed by atoms with Crippen molar-refractivity contribution in [3.8, 4) is 5.75 Å². The number of hydrogen-bond acceptors (Lipinski definition) is 5. The van der Waals surface area contributed by atoms with E-state index in [-0.39, 0.29) is 24.2 Å². The number of amides is 1. The first-order chi connectivity index (χ1) is 20.4. The van der Waals surface area contributed by atoms with Gasteiger partial charge in [-0.3, -0.25) is 19.1 Å². The highest BCUT2D eigenvalue weighted by atomic mass is 35.5. The van der Waals surface area contributed by atoms with Crippen LogP contribution in [0.5, 0.6) is 5.75 Å². The summed E-state index contributed by atoms with van der Waals surface area (Å²) >= 11 is 6.09. The van der Waals surface area contributed by atoms with Crippen molar-refractivity contribution in [3.63, 3.8) is 0 Å². The van der Waals surface area contributed by atoms with E-state index in [1.807, 2.05) is 49.4 Å². The third-order valence-corrected chi connectivity index (χ3v) is 8.54. The fraction of sp³-hybridized carbons (Fsp3) is 0.265. The minimum atomic E-state index is -0.602. The normalized spacial score (nSPS) is 13.3. The van der Waals surface area contributed by atoms with E-state index in [2.05, 4.69) is 5.32 Å². The Morgan fingerprint density at radius 3 is 2.53 bits per heavy atom. The SMILES string of the molecule is COc1ccc2c(c1)c(C(CCN)C(=O)Nc1c3c(nc4ccccc14)CCCC3)c(C)n2C(=O)c1ccc(Cl)cc1.Cl. The summed E-state index contributed by atoms with van der Waals surface area (Å²) in [6, 6.07) is 20.3. The van der Waals surface area contributed by atoms with Crippen LogP contribution in [-0.2, 0) is 17.6 Å². The van der Waals surface area contributed by atoms with Crippen LogP contribution in [0.3, 0.4) is 0 Å². The summed E-state index contributed by atoms with van der Waals surface area (Å²) in [7, 11) is 1.60. The van der Waals surface area contributed by atoms with Gasteiger partial charge in [-0.15, -0.1) is 12.4 Å². The van der Waals surface area contributed by atoms with Crippen molar-refractivity contribution in [1.29, 1.82) is 0 Å². The standard InChI is InChI=1S/C34H33ClN4O3.ClH/c1-20-31(27-19-23(42-2)15-16-30(27)39(20)34(41)21-11-13-22(35)14-12-21)26(17-18-36)33(40)38-32-24-7-3-5-9-28(24)37-29-10-6-4-8-25(29)32;/h3,5,7,9,11-16,19,26H,4,6,8,10,17-18,36H2,1-2H3,(H,37,38,40);1H. The topological polar surface area (TPSA) is 99.2 Å². The molecule has 6 rings (SSSR count). The number of anilines is 1. The van der Waals surface area contributed by atoms with Gasteiger partial charge in [-0.25, -0.2) is 0 Å². The van der Waals surface area contributed by atoms with E-state index in [9.17, 15) is 9.59 Å². The summed E-state index contributed by atoms with van der Waals surface area (Å²) in [5.41, 5.74) is 12.6. The summed E-state index contributed by atoms with van der Waals surface area (Å²) in [5.74, 6) is -0.323. The third kappa shape index (κ3) is 5.60. The monoisotopic (exact) mass is 616 g/mol. The number of fused-ring (bicyclic) bond motifs is 3. The molecule has 43 heavy (non-hydrogen) atoms. The van der Waals surface area contributed by atoms with Crippen molar-refractivity contribution in [2.24, 2.45) is 5.73 Å². The maximum atomic E-state index is 14.3. The second kappa shape index (κ2) is 12.8. The summed E-state index contributed by atoms with van der Waals surface area (Å²) in [4.78, 5) is 33.1. The molecule has 0 saturated heterocycles. The number of nitrogens with two attached hydrogens (primary N) is 1. The Morgan fingerprint density at radius 2 is 1.79 bits per heavy atom. The minimum Gasteiger partial charge on any atom is -0.497 e. The van der Waals surface area contributed by atoms with Gasteiger partial charge in [-0.1, -0.05) is 29.8 Å². The van der Waals surface area contributed by atoms with Crippen molar-refractivity contribution in [2.45, 2.75) is 44.9 Å². The molecular weight excluding hydrogens is 583 g/mol. The second-order valence-electron chi connectivity index (χ2n) is 10.8. The van der Waals surface area contributed by atoms with E-state index in [0.29, 0.717) is 40.5 Å². The number of para-hydroxylation sites is 1. The van der Waals surface area contributed by atoms with Gasteiger partial charge in [0, 0.05) is 32.7 Å². The number of aromatic nitrogens is 2. The molecule has 1 atom stereocenters. The number of methoxy groups -OCH3 is 1. The van der Waals surface area contributed by atoms with Gasteiger partial charge in [-0.05, 0) is 105 Å².